The fourth-order valence-electron chi connectivity index (χ4n) is 3.36. The standard InChI is InChI=1S/C23H27N3O7S/c1-3-32-22(28)18-5-9-19(10-6-18)24-21(27)17-7-11-20(12-8-17)34(30,31)26-15-13-25(14-16-26)23(29)33-4-2/h5-12H,3-4,13-16H2,1-2H3,(H,24,27). The van der Waals surface area contributed by atoms with Crippen molar-refractivity contribution < 1.29 is 32.3 Å². The van der Waals surface area contributed by atoms with Crippen LogP contribution in [0.4, 0.5) is 10.5 Å². The summed E-state index contributed by atoms with van der Waals surface area (Å²) in [6.45, 7) is 4.76. The second kappa shape index (κ2) is 11.1. The number of rotatable bonds is 7. The van der Waals surface area contributed by atoms with Gasteiger partial charge in [-0.15, -0.1) is 0 Å². The van der Waals surface area contributed by atoms with E-state index in [4.69, 9.17) is 9.47 Å². The SMILES string of the molecule is CCOC(=O)c1ccc(NC(=O)c2ccc(S(=O)(=O)N3CCN(C(=O)OCC)CC3)cc2)cc1. The highest BCUT2D eigenvalue weighted by Gasteiger charge is 2.30. The van der Waals surface area contributed by atoms with Gasteiger partial charge in [0.1, 0.15) is 0 Å². The molecule has 3 rings (SSSR count). The highest BCUT2D eigenvalue weighted by molar-refractivity contribution is 7.89. The predicted molar refractivity (Wildman–Crippen MR) is 124 cm³/mol. The van der Waals surface area contributed by atoms with Crippen molar-refractivity contribution in [1.82, 2.24) is 9.21 Å². The van der Waals surface area contributed by atoms with Crippen molar-refractivity contribution in [2.75, 3.05) is 44.7 Å². The summed E-state index contributed by atoms with van der Waals surface area (Å²) in [6.07, 6.45) is -0.453. The lowest BCUT2D eigenvalue weighted by Crippen LogP contribution is -2.50. The molecule has 0 bridgehead atoms. The van der Waals surface area contributed by atoms with E-state index in [0.29, 0.717) is 11.3 Å². The van der Waals surface area contributed by atoms with E-state index in [1.807, 2.05) is 0 Å². The van der Waals surface area contributed by atoms with Gasteiger partial charge < -0.3 is 19.7 Å². The molecule has 182 valence electrons. The second-order valence-corrected chi connectivity index (χ2v) is 9.30. The third-order valence-electron chi connectivity index (χ3n) is 5.17. The molecule has 34 heavy (non-hydrogen) atoms. The van der Waals surface area contributed by atoms with E-state index in [1.165, 1.54) is 33.5 Å². The number of nitrogens with zero attached hydrogens (tertiary/aromatic N) is 2. The molecule has 1 N–H and O–H groups in total. The maximum absolute atomic E-state index is 12.9. The van der Waals surface area contributed by atoms with Crippen molar-refractivity contribution in [2.45, 2.75) is 18.7 Å². The van der Waals surface area contributed by atoms with Gasteiger partial charge in [0.2, 0.25) is 10.0 Å². The number of carbonyl (C=O) groups excluding carboxylic acids is 3. The van der Waals surface area contributed by atoms with E-state index in [2.05, 4.69) is 5.32 Å². The normalized spacial score (nSPS) is 14.4. The number of hydrogen-bond donors (Lipinski definition) is 1. The monoisotopic (exact) mass is 489 g/mol. The third-order valence-corrected chi connectivity index (χ3v) is 7.09. The Hall–Kier alpha value is -3.44. The zero-order chi connectivity index (χ0) is 24.7. The van der Waals surface area contributed by atoms with Crippen LogP contribution in [0.3, 0.4) is 0 Å². The van der Waals surface area contributed by atoms with Gasteiger partial charge in [-0.25, -0.2) is 18.0 Å². The Bertz CT molecular complexity index is 1120. The van der Waals surface area contributed by atoms with Crippen LogP contribution in [-0.4, -0.2) is 75.0 Å². The third kappa shape index (κ3) is 5.91. The number of anilines is 1. The largest absolute Gasteiger partial charge is 0.462 e. The van der Waals surface area contributed by atoms with Crippen LogP contribution in [0.1, 0.15) is 34.6 Å². The molecular formula is C23H27N3O7S. The molecule has 0 unspecified atom stereocenters. The van der Waals surface area contributed by atoms with Crippen LogP contribution in [0.5, 0.6) is 0 Å². The Morgan fingerprint density at radius 3 is 1.94 bits per heavy atom. The van der Waals surface area contributed by atoms with Crippen LogP contribution >= 0.6 is 0 Å². The molecular weight excluding hydrogens is 462 g/mol. The molecule has 2 aromatic rings. The second-order valence-electron chi connectivity index (χ2n) is 7.37. The maximum Gasteiger partial charge on any atom is 0.409 e. The van der Waals surface area contributed by atoms with Crippen molar-refractivity contribution in [3.8, 4) is 0 Å². The lowest BCUT2D eigenvalue weighted by molar-refractivity contribution is 0.0526. The van der Waals surface area contributed by atoms with Crippen LogP contribution in [0.25, 0.3) is 0 Å². The van der Waals surface area contributed by atoms with Gasteiger partial charge in [0.15, 0.2) is 0 Å². The summed E-state index contributed by atoms with van der Waals surface area (Å²) >= 11 is 0. The summed E-state index contributed by atoms with van der Waals surface area (Å²) < 4.78 is 37.1. The van der Waals surface area contributed by atoms with E-state index < -0.39 is 28.0 Å². The topological polar surface area (TPSA) is 122 Å². The van der Waals surface area contributed by atoms with Crippen molar-refractivity contribution in [3.05, 3.63) is 59.7 Å². The molecule has 2 amide bonds. The summed E-state index contributed by atoms with van der Waals surface area (Å²) in [5.41, 5.74) is 1.13. The van der Waals surface area contributed by atoms with Gasteiger partial charge in [-0.2, -0.15) is 4.31 Å². The Balaban J connectivity index is 1.61. The van der Waals surface area contributed by atoms with E-state index in [-0.39, 0.29) is 49.9 Å². The van der Waals surface area contributed by atoms with Gasteiger partial charge in [0, 0.05) is 37.4 Å². The summed E-state index contributed by atoms with van der Waals surface area (Å²) in [5.74, 6) is -0.865. The van der Waals surface area contributed by atoms with Gasteiger partial charge in [-0.05, 0) is 62.4 Å². The van der Waals surface area contributed by atoms with Crippen molar-refractivity contribution >= 4 is 33.7 Å². The zero-order valence-electron chi connectivity index (χ0n) is 19.0. The molecule has 0 radical (unpaired) electrons. The lowest BCUT2D eigenvalue weighted by Gasteiger charge is -2.33. The highest BCUT2D eigenvalue weighted by Crippen LogP contribution is 2.19. The molecule has 1 aliphatic rings. The molecule has 1 heterocycles. The van der Waals surface area contributed by atoms with Crippen molar-refractivity contribution in [2.24, 2.45) is 0 Å². The van der Waals surface area contributed by atoms with Crippen molar-refractivity contribution in [1.29, 1.82) is 0 Å². The number of carbonyl (C=O) groups is 3. The summed E-state index contributed by atoms with van der Waals surface area (Å²) in [5, 5.41) is 2.70. The van der Waals surface area contributed by atoms with Crippen LogP contribution in [-0.2, 0) is 19.5 Å². The summed E-state index contributed by atoms with van der Waals surface area (Å²) in [7, 11) is -3.76. The Labute approximate surface area is 198 Å². The van der Waals surface area contributed by atoms with E-state index in [1.54, 1.807) is 38.1 Å². The average molecular weight is 490 g/mol. The summed E-state index contributed by atoms with van der Waals surface area (Å²) in [4.78, 5) is 37.6. The molecule has 1 saturated heterocycles. The number of piperazine rings is 1. The van der Waals surface area contributed by atoms with E-state index in [9.17, 15) is 22.8 Å². The molecule has 0 spiro atoms. The lowest BCUT2D eigenvalue weighted by atomic mass is 10.2. The quantitative estimate of drug-likeness (QED) is 0.593. The number of ether oxygens (including phenoxy) is 2. The summed E-state index contributed by atoms with van der Waals surface area (Å²) in [6, 6.07) is 11.9. The molecule has 0 aliphatic carbocycles. The highest BCUT2D eigenvalue weighted by atomic mass is 32.2. The Morgan fingerprint density at radius 2 is 1.38 bits per heavy atom. The van der Waals surface area contributed by atoms with Crippen LogP contribution in [0, 0.1) is 0 Å². The Kier molecular flexibility index (Phi) is 8.24. The molecule has 1 fully saturated rings. The minimum absolute atomic E-state index is 0.0624. The number of hydrogen-bond acceptors (Lipinski definition) is 7. The van der Waals surface area contributed by atoms with E-state index in [0.717, 1.165) is 0 Å². The number of benzene rings is 2. The average Bonchev–Trinajstić information content (AvgIpc) is 2.85. The smallest absolute Gasteiger partial charge is 0.409 e. The maximum atomic E-state index is 12.9. The van der Waals surface area contributed by atoms with Gasteiger partial charge in [0.25, 0.3) is 5.91 Å². The van der Waals surface area contributed by atoms with Gasteiger partial charge in [-0.3, -0.25) is 4.79 Å². The fourth-order valence-corrected chi connectivity index (χ4v) is 4.78. The molecule has 0 atom stereocenters. The zero-order valence-corrected chi connectivity index (χ0v) is 19.8. The predicted octanol–water partition coefficient (Wildman–Crippen LogP) is 2.58. The first-order valence-corrected chi connectivity index (χ1v) is 12.3. The Morgan fingerprint density at radius 1 is 0.824 bits per heavy atom. The number of nitrogens with one attached hydrogen (secondary N) is 1. The fraction of sp³-hybridized carbons (Fsp3) is 0.348. The van der Waals surface area contributed by atoms with Crippen LogP contribution in [0.2, 0.25) is 0 Å². The van der Waals surface area contributed by atoms with Crippen molar-refractivity contribution in [3.63, 3.8) is 0 Å². The van der Waals surface area contributed by atoms with Gasteiger partial charge in [0.05, 0.1) is 23.7 Å². The molecule has 0 aromatic heterocycles. The molecule has 0 saturated carbocycles. The molecule has 11 heteroatoms. The minimum atomic E-state index is -3.76. The van der Waals surface area contributed by atoms with Crippen LogP contribution in [0.15, 0.2) is 53.4 Å². The first-order valence-electron chi connectivity index (χ1n) is 10.9. The number of esters is 1. The minimum Gasteiger partial charge on any atom is -0.462 e. The van der Waals surface area contributed by atoms with E-state index >= 15 is 0 Å². The molecule has 10 nitrogen and oxygen atoms in total. The van der Waals surface area contributed by atoms with Gasteiger partial charge >= 0.3 is 12.1 Å². The van der Waals surface area contributed by atoms with Gasteiger partial charge in [-0.1, -0.05) is 0 Å². The number of sulfonamides is 1. The van der Waals surface area contributed by atoms with Crippen LogP contribution < -0.4 is 5.32 Å². The first kappa shape index (κ1) is 25.2. The number of amides is 2. The first-order chi connectivity index (χ1) is 16.3. The molecule has 1 aliphatic heterocycles. The molecule has 2 aromatic carbocycles.